The number of anilines is 1. The van der Waals surface area contributed by atoms with Crippen molar-refractivity contribution in [3.05, 3.63) is 63.9 Å². The summed E-state index contributed by atoms with van der Waals surface area (Å²) in [6.07, 6.45) is 1.96. The maximum Gasteiger partial charge on any atom is 0.258 e. The van der Waals surface area contributed by atoms with Crippen molar-refractivity contribution in [1.29, 1.82) is 0 Å². The average Bonchev–Trinajstić information content (AvgIpc) is 3.04. The van der Waals surface area contributed by atoms with Crippen LogP contribution >= 0.6 is 39.0 Å². The fraction of sp³-hybridized carbons (Fsp3) is 0.0588. The van der Waals surface area contributed by atoms with Crippen LogP contribution in [0.15, 0.2) is 63.3 Å². The van der Waals surface area contributed by atoms with Gasteiger partial charge in [0.1, 0.15) is 0 Å². The van der Waals surface area contributed by atoms with Crippen LogP contribution in [0.1, 0.15) is 10.4 Å². The van der Waals surface area contributed by atoms with Crippen LogP contribution in [0, 0.1) is 0 Å². The number of thiazole rings is 1. The first-order chi connectivity index (χ1) is 11.2. The van der Waals surface area contributed by atoms with Crippen molar-refractivity contribution in [3.63, 3.8) is 0 Å². The number of carbonyl (C=O) groups excluding carboxylic acids is 1. The summed E-state index contributed by atoms with van der Waals surface area (Å²) in [5.41, 5.74) is 2.55. The zero-order chi connectivity index (χ0) is 16.2. The van der Waals surface area contributed by atoms with Gasteiger partial charge in [-0.3, -0.25) is 10.1 Å². The Morgan fingerprint density at radius 2 is 1.91 bits per heavy atom. The number of rotatable bonds is 4. The SMILES string of the molecule is CSc1ccccc1C(=O)Nc1nc(-c2ccc(Br)cc2)cs1. The summed E-state index contributed by atoms with van der Waals surface area (Å²) in [7, 11) is 0. The van der Waals surface area contributed by atoms with E-state index in [0.29, 0.717) is 10.7 Å². The van der Waals surface area contributed by atoms with Gasteiger partial charge in [-0.15, -0.1) is 23.1 Å². The van der Waals surface area contributed by atoms with Crippen molar-refractivity contribution >= 4 is 50.1 Å². The van der Waals surface area contributed by atoms with Crippen molar-refractivity contribution in [1.82, 2.24) is 4.98 Å². The van der Waals surface area contributed by atoms with E-state index < -0.39 is 0 Å². The first-order valence-electron chi connectivity index (χ1n) is 6.83. The molecule has 0 aliphatic carbocycles. The predicted octanol–water partition coefficient (Wildman–Crippen LogP) is 5.55. The highest BCUT2D eigenvalue weighted by molar-refractivity contribution is 9.10. The van der Waals surface area contributed by atoms with Crippen LogP contribution in [0.25, 0.3) is 11.3 Å². The number of amides is 1. The molecule has 0 saturated heterocycles. The van der Waals surface area contributed by atoms with Crippen molar-refractivity contribution in [2.75, 3.05) is 11.6 Å². The summed E-state index contributed by atoms with van der Waals surface area (Å²) in [6.45, 7) is 0. The number of benzene rings is 2. The smallest absolute Gasteiger partial charge is 0.258 e. The van der Waals surface area contributed by atoms with E-state index >= 15 is 0 Å². The van der Waals surface area contributed by atoms with Gasteiger partial charge in [0, 0.05) is 20.3 Å². The molecule has 3 aromatic rings. The molecule has 0 spiro atoms. The van der Waals surface area contributed by atoms with Crippen LogP contribution in [-0.4, -0.2) is 17.1 Å². The van der Waals surface area contributed by atoms with E-state index in [1.54, 1.807) is 11.8 Å². The highest BCUT2D eigenvalue weighted by atomic mass is 79.9. The zero-order valence-corrected chi connectivity index (χ0v) is 15.5. The lowest BCUT2D eigenvalue weighted by molar-refractivity contribution is 0.102. The van der Waals surface area contributed by atoms with Gasteiger partial charge in [-0.25, -0.2) is 4.98 Å². The van der Waals surface area contributed by atoms with Gasteiger partial charge < -0.3 is 0 Å². The zero-order valence-electron chi connectivity index (χ0n) is 12.2. The molecule has 3 nitrogen and oxygen atoms in total. The summed E-state index contributed by atoms with van der Waals surface area (Å²) in [4.78, 5) is 17.9. The van der Waals surface area contributed by atoms with E-state index in [1.807, 2.05) is 60.2 Å². The lowest BCUT2D eigenvalue weighted by Crippen LogP contribution is -2.12. The van der Waals surface area contributed by atoms with E-state index in [1.165, 1.54) is 11.3 Å². The van der Waals surface area contributed by atoms with Gasteiger partial charge in [0.05, 0.1) is 11.3 Å². The maximum atomic E-state index is 12.4. The summed E-state index contributed by atoms with van der Waals surface area (Å²) in [5.74, 6) is -0.133. The Bertz CT molecular complexity index is 831. The van der Waals surface area contributed by atoms with E-state index in [9.17, 15) is 4.79 Å². The molecule has 0 aliphatic heterocycles. The summed E-state index contributed by atoms with van der Waals surface area (Å²) in [6, 6.07) is 15.5. The Hall–Kier alpha value is -1.63. The minimum absolute atomic E-state index is 0.133. The fourth-order valence-electron chi connectivity index (χ4n) is 2.08. The molecule has 1 aromatic heterocycles. The quantitative estimate of drug-likeness (QED) is 0.579. The van der Waals surface area contributed by atoms with Crippen LogP contribution in [0.4, 0.5) is 5.13 Å². The number of nitrogens with zero attached hydrogens (tertiary/aromatic N) is 1. The molecular formula is C17H13BrN2OS2. The molecule has 0 radical (unpaired) electrons. The molecule has 0 aliphatic rings. The Kier molecular flexibility index (Phi) is 5.15. The molecule has 116 valence electrons. The molecule has 0 atom stereocenters. The van der Waals surface area contributed by atoms with E-state index in [4.69, 9.17) is 0 Å². The van der Waals surface area contributed by atoms with Crippen molar-refractivity contribution in [2.24, 2.45) is 0 Å². The topological polar surface area (TPSA) is 42.0 Å². The van der Waals surface area contributed by atoms with Crippen LogP contribution < -0.4 is 5.32 Å². The second kappa shape index (κ2) is 7.29. The van der Waals surface area contributed by atoms with Crippen LogP contribution in [0.3, 0.4) is 0 Å². The Labute approximate surface area is 151 Å². The lowest BCUT2D eigenvalue weighted by Gasteiger charge is -2.06. The van der Waals surface area contributed by atoms with Gasteiger partial charge in [0.2, 0.25) is 0 Å². The highest BCUT2D eigenvalue weighted by Crippen LogP contribution is 2.27. The predicted molar refractivity (Wildman–Crippen MR) is 101 cm³/mol. The molecular weight excluding hydrogens is 392 g/mol. The number of hydrogen-bond acceptors (Lipinski definition) is 4. The molecule has 0 saturated carbocycles. The first kappa shape index (κ1) is 16.2. The minimum Gasteiger partial charge on any atom is -0.298 e. The number of hydrogen-bond donors (Lipinski definition) is 1. The molecule has 0 unspecified atom stereocenters. The molecule has 2 aromatic carbocycles. The fourth-order valence-corrected chi connectivity index (χ4v) is 3.66. The third-order valence-corrected chi connectivity index (χ3v) is 5.30. The molecule has 3 rings (SSSR count). The van der Waals surface area contributed by atoms with Crippen LogP contribution in [0.5, 0.6) is 0 Å². The second-order valence-electron chi connectivity index (χ2n) is 4.70. The Morgan fingerprint density at radius 3 is 2.65 bits per heavy atom. The largest absolute Gasteiger partial charge is 0.298 e. The molecule has 0 fully saturated rings. The maximum absolute atomic E-state index is 12.4. The van der Waals surface area contributed by atoms with Gasteiger partial charge in [0.15, 0.2) is 5.13 Å². The number of halogens is 1. The molecule has 1 heterocycles. The van der Waals surface area contributed by atoms with Gasteiger partial charge in [-0.1, -0.05) is 40.2 Å². The van der Waals surface area contributed by atoms with E-state index in [0.717, 1.165) is 20.6 Å². The Morgan fingerprint density at radius 1 is 1.17 bits per heavy atom. The normalized spacial score (nSPS) is 10.5. The van der Waals surface area contributed by atoms with E-state index in [2.05, 4.69) is 26.2 Å². The average molecular weight is 405 g/mol. The monoisotopic (exact) mass is 404 g/mol. The van der Waals surface area contributed by atoms with Gasteiger partial charge in [0.25, 0.3) is 5.91 Å². The van der Waals surface area contributed by atoms with Crippen molar-refractivity contribution < 1.29 is 4.79 Å². The van der Waals surface area contributed by atoms with Crippen molar-refractivity contribution in [3.8, 4) is 11.3 Å². The number of aromatic nitrogens is 1. The third kappa shape index (κ3) is 3.83. The Balaban J connectivity index is 1.79. The lowest BCUT2D eigenvalue weighted by atomic mass is 10.2. The summed E-state index contributed by atoms with van der Waals surface area (Å²) < 4.78 is 1.03. The molecule has 6 heteroatoms. The summed E-state index contributed by atoms with van der Waals surface area (Å²) in [5, 5.41) is 5.42. The van der Waals surface area contributed by atoms with Crippen molar-refractivity contribution in [2.45, 2.75) is 4.90 Å². The van der Waals surface area contributed by atoms with E-state index in [-0.39, 0.29) is 5.91 Å². The second-order valence-corrected chi connectivity index (χ2v) is 7.32. The molecule has 1 N–H and O–H groups in total. The standard InChI is InChI=1S/C17H13BrN2OS2/c1-22-15-5-3-2-4-13(15)16(21)20-17-19-14(10-23-17)11-6-8-12(18)9-7-11/h2-10H,1H3,(H,19,20,21). The molecule has 23 heavy (non-hydrogen) atoms. The van der Waals surface area contributed by atoms with Gasteiger partial charge in [-0.05, 0) is 30.5 Å². The summed E-state index contributed by atoms with van der Waals surface area (Å²) >= 11 is 6.40. The van der Waals surface area contributed by atoms with Crippen LogP contribution in [-0.2, 0) is 0 Å². The minimum atomic E-state index is -0.133. The number of thioether (sulfide) groups is 1. The van der Waals surface area contributed by atoms with Crippen LogP contribution in [0.2, 0.25) is 0 Å². The highest BCUT2D eigenvalue weighted by Gasteiger charge is 2.13. The van der Waals surface area contributed by atoms with Gasteiger partial charge in [-0.2, -0.15) is 0 Å². The molecule has 0 bridgehead atoms. The number of nitrogens with one attached hydrogen (secondary N) is 1. The third-order valence-electron chi connectivity index (χ3n) is 3.22. The van der Waals surface area contributed by atoms with Gasteiger partial charge >= 0.3 is 0 Å². The first-order valence-corrected chi connectivity index (χ1v) is 9.73. The number of carbonyl (C=O) groups is 1. The molecule has 1 amide bonds.